The zero-order chi connectivity index (χ0) is 13.7. The molecule has 0 saturated carbocycles. The van der Waals surface area contributed by atoms with E-state index < -0.39 is 0 Å². The fourth-order valence-corrected chi connectivity index (χ4v) is 1.69. The average molecular weight is 296 g/mol. The molecule has 6 heteroatoms. The summed E-state index contributed by atoms with van der Waals surface area (Å²) < 4.78 is 10.7. The predicted octanol–water partition coefficient (Wildman–Crippen LogP) is 2.25. The first-order valence-corrected chi connectivity index (χ1v) is 6.01. The molecule has 2 rings (SSSR count). The fraction of sp³-hybridized carbons (Fsp3) is 0.286. The minimum Gasteiger partial charge on any atom is -0.497 e. The molecule has 2 N–H and O–H groups in total. The molecule has 0 saturated heterocycles. The van der Waals surface area contributed by atoms with Crippen molar-refractivity contribution in [1.29, 1.82) is 0 Å². The van der Waals surface area contributed by atoms with Gasteiger partial charge in [0.05, 0.1) is 12.8 Å². The lowest BCUT2D eigenvalue weighted by Crippen LogP contribution is -2.08. The third-order valence-electron chi connectivity index (χ3n) is 2.59. The van der Waals surface area contributed by atoms with Crippen LogP contribution in [0.25, 0.3) is 0 Å². The first kappa shape index (κ1) is 16.2. The summed E-state index contributed by atoms with van der Waals surface area (Å²) in [5.41, 5.74) is 7.29. The van der Waals surface area contributed by atoms with Gasteiger partial charge in [-0.15, -0.1) is 12.4 Å². The van der Waals surface area contributed by atoms with Crippen molar-refractivity contribution in [3.8, 4) is 11.5 Å². The van der Waals surface area contributed by atoms with Crippen LogP contribution in [0.15, 0.2) is 30.3 Å². The molecule has 108 valence electrons. The Morgan fingerprint density at radius 3 is 2.35 bits per heavy atom. The molecule has 0 aliphatic heterocycles. The van der Waals surface area contributed by atoms with Crippen LogP contribution in [0.4, 0.5) is 0 Å². The number of methoxy groups -OCH3 is 1. The Bertz CT molecular complexity index is 547. The smallest absolute Gasteiger partial charge is 0.166 e. The Labute approximate surface area is 124 Å². The number of aryl methyl sites for hydroxylation is 1. The number of nitrogens with zero attached hydrogens (tertiary/aromatic N) is 2. The molecule has 0 bridgehead atoms. The van der Waals surface area contributed by atoms with Gasteiger partial charge in [0.1, 0.15) is 18.1 Å². The third-order valence-corrected chi connectivity index (χ3v) is 2.59. The maximum absolute atomic E-state index is 5.62. The molecular formula is C14H18ClN3O2. The van der Waals surface area contributed by atoms with E-state index in [0.717, 1.165) is 22.9 Å². The Hall–Kier alpha value is -1.85. The van der Waals surface area contributed by atoms with E-state index in [1.807, 2.05) is 37.3 Å². The van der Waals surface area contributed by atoms with Crippen LogP contribution in [0.3, 0.4) is 0 Å². The second-order valence-corrected chi connectivity index (χ2v) is 4.09. The number of rotatable bonds is 5. The van der Waals surface area contributed by atoms with E-state index in [-0.39, 0.29) is 12.4 Å². The molecule has 0 radical (unpaired) electrons. The van der Waals surface area contributed by atoms with Gasteiger partial charge in [0.2, 0.25) is 0 Å². The van der Waals surface area contributed by atoms with Gasteiger partial charge in [-0.1, -0.05) is 0 Å². The van der Waals surface area contributed by atoms with Gasteiger partial charge in [-0.2, -0.15) is 0 Å². The standard InChI is InChI=1S/C14H17N3O2.ClH/c1-10-7-11(8-15)17-14(16-10)9-19-13-5-3-12(18-2)4-6-13;/h3-7H,8-9,15H2,1-2H3;1H. The maximum Gasteiger partial charge on any atom is 0.166 e. The minimum absolute atomic E-state index is 0. The molecule has 0 unspecified atom stereocenters. The second-order valence-electron chi connectivity index (χ2n) is 4.09. The van der Waals surface area contributed by atoms with E-state index in [1.54, 1.807) is 7.11 Å². The van der Waals surface area contributed by atoms with Crippen LogP contribution in [-0.4, -0.2) is 17.1 Å². The molecule has 20 heavy (non-hydrogen) atoms. The van der Waals surface area contributed by atoms with Crippen LogP contribution in [0.1, 0.15) is 17.2 Å². The number of halogens is 1. The molecule has 1 heterocycles. The van der Waals surface area contributed by atoms with Crippen LogP contribution in [0, 0.1) is 6.92 Å². The number of aromatic nitrogens is 2. The Kier molecular flexibility index (Phi) is 6.21. The molecule has 0 amide bonds. The van der Waals surface area contributed by atoms with E-state index in [1.165, 1.54) is 0 Å². The molecule has 0 atom stereocenters. The molecule has 2 aromatic rings. The molecule has 5 nitrogen and oxygen atoms in total. The van der Waals surface area contributed by atoms with Gasteiger partial charge in [-0.05, 0) is 37.3 Å². The first-order valence-electron chi connectivity index (χ1n) is 6.01. The number of hydrogen-bond acceptors (Lipinski definition) is 5. The number of hydrogen-bond donors (Lipinski definition) is 1. The van der Waals surface area contributed by atoms with Gasteiger partial charge in [0.15, 0.2) is 5.82 Å². The van der Waals surface area contributed by atoms with Crippen LogP contribution in [-0.2, 0) is 13.2 Å². The van der Waals surface area contributed by atoms with Crippen molar-refractivity contribution in [2.45, 2.75) is 20.1 Å². The fourth-order valence-electron chi connectivity index (χ4n) is 1.69. The summed E-state index contributed by atoms with van der Waals surface area (Å²) >= 11 is 0. The van der Waals surface area contributed by atoms with Gasteiger partial charge in [0.25, 0.3) is 0 Å². The van der Waals surface area contributed by atoms with E-state index in [0.29, 0.717) is 19.0 Å². The van der Waals surface area contributed by atoms with Crippen molar-refractivity contribution in [3.05, 3.63) is 47.5 Å². The highest BCUT2D eigenvalue weighted by Gasteiger charge is 2.03. The molecular weight excluding hydrogens is 278 g/mol. The number of nitrogens with two attached hydrogens (primary N) is 1. The van der Waals surface area contributed by atoms with Gasteiger partial charge in [-0.25, -0.2) is 9.97 Å². The van der Waals surface area contributed by atoms with Crippen LogP contribution in [0.5, 0.6) is 11.5 Å². The first-order chi connectivity index (χ1) is 9.21. The summed E-state index contributed by atoms with van der Waals surface area (Å²) in [6.45, 7) is 2.64. The van der Waals surface area contributed by atoms with Gasteiger partial charge >= 0.3 is 0 Å². The zero-order valence-electron chi connectivity index (χ0n) is 11.5. The third kappa shape index (κ3) is 4.36. The van der Waals surface area contributed by atoms with Crippen molar-refractivity contribution in [2.24, 2.45) is 5.73 Å². The monoisotopic (exact) mass is 295 g/mol. The zero-order valence-corrected chi connectivity index (χ0v) is 12.3. The summed E-state index contributed by atoms with van der Waals surface area (Å²) in [5.74, 6) is 2.18. The van der Waals surface area contributed by atoms with Crippen LogP contribution < -0.4 is 15.2 Å². The van der Waals surface area contributed by atoms with E-state index in [9.17, 15) is 0 Å². The normalized spacial score (nSPS) is 9.75. The highest BCUT2D eigenvalue weighted by atomic mass is 35.5. The Morgan fingerprint density at radius 2 is 1.75 bits per heavy atom. The predicted molar refractivity (Wildman–Crippen MR) is 79.2 cm³/mol. The van der Waals surface area contributed by atoms with Crippen LogP contribution >= 0.6 is 12.4 Å². The second kappa shape index (κ2) is 7.67. The molecule has 0 fully saturated rings. The van der Waals surface area contributed by atoms with Crippen molar-refractivity contribution in [2.75, 3.05) is 7.11 Å². The summed E-state index contributed by atoms with van der Waals surface area (Å²) in [4.78, 5) is 8.63. The average Bonchev–Trinajstić information content (AvgIpc) is 2.45. The van der Waals surface area contributed by atoms with Gasteiger partial charge in [0, 0.05) is 12.2 Å². The summed E-state index contributed by atoms with van der Waals surface area (Å²) in [5, 5.41) is 0. The van der Waals surface area contributed by atoms with E-state index >= 15 is 0 Å². The number of ether oxygens (including phenoxy) is 2. The number of benzene rings is 1. The molecule has 1 aromatic heterocycles. The van der Waals surface area contributed by atoms with E-state index in [2.05, 4.69) is 9.97 Å². The SMILES string of the molecule is COc1ccc(OCc2nc(C)cc(CN)n2)cc1.Cl. The topological polar surface area (TPSA) is 70.3 Å². The van der Waals surface area contributed by atoms with Gasteiger partial charge < -0.3 is 15.2 Å². The lowest BCUT2D eigenvalue weighted by Gasteiger charge is -2.08. The lowest BCUT2D eigenvalue weighted by atomic mass is 10.3. The van der Waals surface area contributed by atoms with Crippen molar-refractivity contribution in [1.82, 2.24) is 9.97 Å². The summed E-state index contributed by atoms with van der Waals surface area (Å²) in [6.07, 6.45) is 0. The summed E-state index contributed by atoms with van der Waals surface area (Å²) in [6, 6.07) is 9.25. The quantitative estimate of drug-likeness (QED) is 0.916. The molecule has 0 aliphatic rings. The summed E-state index contributed by atoms with van der Waals surface area (Å²) in [7, 11) is 1.63. The van der Waals surface area contributed by atoms with Crippen molar-refractivity contribution in [3.63, 3.8) is 0 Å². The van der Waals surface area contributed by atoms with Crippen molar-refractivity contribution < 1.29 is 9.47 Å². The highest BCUT2D eigenvalue weighted by molar-refractivity contribution is 5.85. The highest BCUT2D eigenvalue weighted by Crippen LogP contribution is 2.17. The largest absolute Gasteiger partial charge is 0.497 e. The van der Waals surface area contributed by atoms with E-state index in [4.69, 9.17) is 15.2 Å². The van der Waals surface area contributed by atoms with Crippen LogP contribution in [0.2, 0.25) is 0 Å². The lowest BCUT2D eigenvalue weighted by molar-refractivity contribution is 0.294. The minimum atomic E-state index is 0. The Morgan fingerprint density at radius 1 is 1.10 bits per heavy atom. The maximum atomic E-state index is 5.62. The Balaban J connectivity index is 0.00000200. The molecule has 1 aromatic carbocycles. The molecule has 0 aliphatic carbocycles. The van der Waals surface area contributed by atoms with Crippen molar-refractivity contribution >= 4 is 12.4 Å². The molecule has 0 spiro atoms. The van der Waals surface area contributed by atoms with Gasteiger partial charge in [-0.3, -0.25) is 0 Å².